The van der Waals surface area contributed by atoms with Crippen LogP contribution >= 0.6 is 0 Å². The van der Waals surface area contributed by atoms with Crippen LogP contribution in [0.4, 0.5) is 4.79 Å². The number of rotatable bonds is 19. The second kappa shape index (κ2) is 35.8. The minimum absolute atomic E-state index is 0.0139. The van der Waals surface area contributed by atoms with Gasteiger partial charge >= 0.3 is 12.1 Å². The van der Waals surface area contributed by atoms with Gasteiger partial charge in [-0.3, -0.25) is 19.2 Å². The third kappa shape index (κ3) is 21.7. The van der Waals surface area contributed by atoms with Crippen LogP contribution in [0.1, 0.15) is 119 Å². The zero-order valence-electron chi connectivity index (χ0n) is 49.8. The van der Waals surface area contributed by atoms with Crippen molar-refractivity contribution in [2.75, 3.05) is 87.8 Å². The molecule has 2 bridgehead atoms. The van der Waals surface area contributed by atoms with Crippen molar-refractivity contribution < 1.29 is 86.3 Å². The van der Waals surface area contributed by atoms with Crippen LogP contribution in [0.15, 0.2) is 47.6 Å². The molecule has 1 saturated carbocycles. The monoisotopic (exact) mass is 1150 g/mol. The molecule has 0 spiro atoms. The molecule has 15 atom stereocenters. The molecule has 0 aromatic rings. The third-order valence-electron chi connectivity index (χ3n) is 16.1. The van der Waals surface area contributed by atoms with Gasteiger partial charge < -0.3 is 73.5 Å². The Balaban J connectivity index is 1.55. The second-order valence-corrected chi connectivity index (χ2v) is 22.4. The van der Waals surface area contributed by atoms with Crippen LogP contribution in [0.3, 0.4) is 0 Å². The summed E-state index contributed by atoms with van der Waals surface area (Å²) in [6.45, 7) is 13.7. The van der Waals surface area contributed by atoms with Gasteiger partial charge in [-0.2, -0.15) is 0 Å². The van der Waals surface area contributed by atoms with Crippen molar-refractivity contribution in [3.8, 4) is 0 Å². The first-order valence-electron chi connectivity index (χ1n) is 29.1. The minimum Gasteiger partial charge on any atom is -0.459 e. The number of cyclic esters (lactones) is 1. The van der Waals surface area contributed by atoms with E-state index in [9.17, 15) is 39.0 Å². The summed E-state index contributed by atoms with van der Waals surface area (Å²) in [7, 11) is 6.05. The molecule has 1 aliphatic carbocycles. The van der Waals surface area contributed by atoms with Crippen molar-refractivity contribution >= 4 is 35.3 Å². The zero-order chi connectivity index (χ0) is 59.6. The van der Waals surface area contributed by atoms with Gasteiger partial charge in [0.2, 0.25) is 5.79 Å². The number of allylic oxidation sites excluding steroid dienone is 6. The molecule has 0 aromatic carbocycles. The first-order valence-corrected chi connectivity index (χ1v) is 29.1. The standard InChI is InChI=1S/C60H97N3O18/c1-38-16-12-11-13-17-39(2)50(73-8)36-45-21-19-43(6)60(71,81-45)56(67)57(68)63-24-15-14-18-47(63)58(69)79-51(37-48(64)40(3)33-42(5)54(66)55(75-10)53(65)41(4)32-38)46(61)34-44-20-22-49(52(35-44)74-9)80-59(70)62-23-25-76-28-29-78-31-30-77-27-26-72-7/h11-13,16-17,33,38,40-41,43-47,49-52,54-55,66,71H,14-15,18-32,34-37,61H2,1-10H3,(H,62,70)/b13-11+,16-12+,39-17+,42-33+/t38-,40-,41-,43-,44+,45+,46-,47+,49-,50+,51+,52-,54-,55+,60-/m1/s1. The SMILES string of the molecule is COCCOCCOCCOCCNC(=O)O[C@@H]1CC[C@@H](C[C@@H](N)[C@@H]2CC(=O)[C@H](C)/C=C(\C)[C@@H](O)[C@@H](OC)C(=O)[C@H](C)C[C@H](C)/C=C/C=C/C=C(\C)[C@@H](OC)C[C@@H]3CC[C@@H](C)[C@@](O)(O3)C(=O)C(=O)N3CCCC[C@H]3C(=O)O2)C[C@H]1OC. The maximum absolute atomic E-state index is 14.6. The molecule has 0 aromatic heterocycles. The Morgan fingerprint density at radius 3 is 2.16 bits per heavy atom. The fourth-order valence-corrected chi connectivity index (χ4v) is 11.1. The first kappa shape index (κ1) is 69.2. The van der Waals surface area contributed by atoms with Gasteiger partial charge in [0.05, 0.1) is 64.6 Å². The highest BCUT2D eigenvalue weighted by atomic mass is 16.6. The number of nitrogens with two attached hydrogens (primary N) is 1. The van der Waals surface area contributed by atoms with Gasteiger partial charge in [-0.15, -0.1) is 0 Å². The van der Waals surface area contributed by atoms with Crippen LogP contribution in [0.2, 0.25) is 0 Å². The van der Waals surface area contributed by atoms with E-state index in [1.807, 2.05) is 44.2 Å². The second-order valence-electron chi connectivity index (χ2n) is 22.4. The fraction of sp³-hybridized carbons (Fsp3) is 0.767. The zero-order valence-corrected chi connectivity index (χ0v) is 49.8. The average molecular weight is 1150 g/mol. The number of hydrogen-bond donors (Lipinski definition) is 4. The molecule has 4 rings (SSSR count). The highest BCUT2D eigenvalue weighted by Crippen LogP contribution is 2.37. The lowest BCUT2D eigenvalue weighted by Crippen LogP contribution is -2.61. The van der Waals surface area contributed by atoms with Crippen molar-refractivity contribution in [3.63, 3.8) is 0 Å². The van der Waals surface area contributed by atoms with Crippen LogP contribution in [0.25, 0.3) is 0 Å². The van der Waals surface area contributed by atoms with E-state index >= 15 is 0 Å². The molecule has 2 amide bonds. The predicted molar refractivity (Wildman–Crippen MR) is 301 cm³/mol. The normalized spacial score (nSPS) is 34.7. The van der Waals surface area contributed by atoms with Crippen LogP contribution in [0.5, 0.6) is 0 Å². The summed E-state index contributed by atoms with van der Waals surface area (Å²) in [6, 6.07) is -2.16. The molecule has 21 nitrogen and oxygen atoms in total. The summed E-state index contributed by atoms with van der Waals surface area (Å²) in [5.74, 6) is -8.51. The summed E-state index contributed by atoms with van der Waals surface area (Å²) >= 11 is 0. The van der Waals surface area contributed by atoms with E-state index in [1.165, 1.54) is 14.2 Å². The minimum atomic E-state index is -2.48. The van der Waals surface area contributed by atoms with Crippen molar-refractivity contribution in [1.82, 2.24) is 10.2 Å². The van der Waals surface area contributed by atoms with E-state index in [0.29, 0.717) is 96.6 Å². The van der Waals surface area contributed by atoms with Gasteiger partial charge in [-0.25, -0.2) is 9.59 Å². The van der Waals surface area contributed by atoms with E-state index in [0.717, 1.165) is 10.5 Å². The summed E-state index contributed by atoms with van der Waals surface area (Å²) in [5, 5.41) is 26.3. The number of aliphatic hydroxyl groups is 2. The van der Waals surface area contributed by atoms with Crippen LogP contribution in [-0.2, 0) is 71.3 Å². The number of esters is 1. The third-order valence-corrected chi connectivity index (χ3v) is 16.1. The lowest BCUT2D eigenvalue weighted by Gasteiger charge is -2.42. The Hall–Kier alpha value is -4.26. The number of carbonyl (C=O) groups is 6. The number of nitrogens with one attached hydrogen (secondary N) is 1. The van der Waals surface area contributed by atoms with Crippen molar-refractivity contribution in [3.05, 3.63) is 47.6 Å². The number of carbonyl (C=O) groups excluding carboxylic acids is 6. The number of Topliss-reactive ketones (excluding diaryl/α,β-unsaturated/α-hetero) is 3. The van der Waals surface area contributed by atoms with E-state index in [1.54, 1.807) is 48.0 Å². The molecule has 3 heterocycles. The summed E-state index contributed by atoms with van der Waals surface area (Å²) in [6.07, 6.45) is 8.56. The quantitative estimate of drug-likeness (QED) is 0.0553. The van der Waals surface area contributed by atoms with Gasteiger partial charge in [0.1, 0.15) is 36.2 Å². The van der Waals surface area contributed by atoms with Crippen LogP contribution in [0, 0.1) is 29.6 Å². The lowest BCUT2D eigenvalue weighted by molar-refractivity contribution is -0.265. The number of hydrogen-bond acceptors (Lipinski definition) is 19. The summed E-state index contributed by atoms with van der Waals surface area (Å²) in [5.41, 5.74) is 8.17. The number of piperidine rings is 1. The number of ether oxygens (including phenoxy) is 10. The Kier molecular flexibility index (Phi) is 30.6. The molecular weight excluding hydrogens is 1050 g/mol. The van der Waals surface area contributed by atoms with Gasteiger partial charge in [0.15, 0.2) is 5.78 Å². The van der Waals surface area contributed by atoms with Crippen molar-refractivity contribution in [2.24, 2.45) is 35.3 Å². The van der Waals surface area contributed by atoms with E-state index in [2.05, 4.69) is 5.32 Å². The first-order chi connectivity index (χ1) is 38.7. The predicted octanol–water partition coefficient (Wildman–Crippen LogP) is 5.30. The fourth-order valence-electron chi connectivity index (χ4n) is 11.1. The van der Waals surface area contributed by atoms with Crippen molar-refractivity contribution in [1.29, 1.82) is 0 Å². The summed E-state index contributed by atoms with van der Waals surface area (Å²) < 4.78 is 56.8. The molecule has 81 heavy (non-hydrogen) atoms. The highest BCUT2D eigenvalue weighted by molar-refractivity contribution is 6.39. The number of methoxy groups -OCH3 is 4. The molecule has 460 valence electrons. The molecular formula is C60H97N3O18. The lowest BCUT2D eigenvalue weighted by atomic mass is 9.80. The molecule has 3 aliphatic heterocycles. The smallest absolute Gasteiger partial charge is 0.407 e. The van der Waals surface area contributed by atoms with Crippen LogP contribution in [-0.4, -0.2) is 199 Å². The Morgan fingerprint density at radius 1 is 0.802 bits per heavy atom. The van der Waals surface area contributed by atoms with E-state index < -0.39 is 102 Å². The Labute approximate surface area is 480 Å². The largest absolute Gasteiger partial charge is 0.459 e. The number of nitrogens with zero attached hydrogens (tertiary/aromatic N) is 1. The molecule has 0 unspecified atom stereocenters. The molecule has 3 fully saturated rings. The number of fused-ring (bicyclic) bond motifs is 3. The number of aliphatic hydroxyl groups excluding tert-OH is 1. The number of amides is 2. The Bertz CT molecular complexity index is 2120. The molecule has 0 radical (unpaired) electrons. The van der Waals surface area contributed by atoms with Crippen molar-refractivity contribution in [2.45, 2.75) is 179 Å². The number of ketones is 3. The van der Waals surface area contributed by atoms with Gasteiger partial charge in [-0.1, -0.05) is 64.2 Å². The molecule has 2 saturated heterocycles. The van der Waals surface area contributed by atoms with E-state index in [4.69, 9.17) is 53.1 Å². The molecule has 4 aliphatic rings. The maximum Gasteiger partial charge on any atom is 0.407 e. The topological polar surface area (TPSA) is 276 Å². The highest BCUT2D eigenvalue weighted by Gasteiger charge is 2.53. The van der Waals surface area contributed by atoms with Crippen LogP contribution < -0.4 is 11.1 Å². The average Bonchev–Trinajstić information content (AvgIpc) is 3.56. The maximum atomic E-state index is 14.6. The van der Waals surface area contributed by atoms with Gasteiger partial charge in [0.25, 0.3) is 11.7 Å². The molecule has 5 N–H and O–H groups in total. The van der Waals surface area contributed by atoms with Gasteiger partial charge in [0, 0.05) is 78.2 Å². The van der Waals surface area contributed by atoms with Gasteiger partial charge in [-0.05, 0) is 101 Å². The molecule has 21 heteroatoms. The Morgan fingerprint density at radius 2 is 1.49 bits per heavy atom. The summed E-state index contributed by atoms with van der Waals surface area (Å²) in [4.78, 5) is 85.4. The number of alkyl carbamates (subject to hydrolysis) is 1. The van der Waals surface area contributed by atoms with E-state index in [-0.39, 0.29) is 68.8 Å².